The second kappa shape index (κ2) is 10.2. The number of fused-ring (bicyclic) bond motifs is 1. The molecule has 0 bridgehead atoms. The van der Waals surface area contributed by atoms with Crippen molar-refractivity contribution >= 4 is 5.91 Å². The van der Waals surface area contributed by atoms with Gasteiger partial charge in [0.2, 0.25) is 0 Å². The number of hydrogen-bond acceptors (Lipinski definition) is 4. The van der Waals surface area contributed by atoms with Gasteiger partial charge in [-0.15, -0.1) is 0 Å². The van der Waals surface area contributed by atoms with E-state index in [0.29, 0.717) is 0 Å². The molecular formula is C27H34N4O2. The van der Waals surface area contributed by atoms with Gasteiger partial charge in [0.1, 0.15) is 5.75 Å². The summed E-state index contributed by atoms with van der Waals surface area (Å²) in [4.78, 5) is 24.8. The summed E-state index contributed by atoms with van der Waals surface area (Å²) in [5.41, 5.74) is 6.87. The van der Waals surface area contributed by atoms with Crippen molar-refractivity contribution in [3.05, 3.63) is 82.4 Å². The summed E-state index contributed by atoms with van der Waals surface area (Å²) in [7, 11) is 1.72. The SMILES string of the molecule is CCN(CC)C(=O)c1ccc(CC2c3cc(OC)ccc3CCN2Cc2nc[nH]c2C)cc1. The number of ether oxygens (including phenoxy) is 1. The van der Waals surface area contributed by atoms with Gasteiger partial charge in [0.15, 0.2) is 0 Å². The summed E-state index contributed by atoms with van der Waals surface area (Å²) >= 11 is 0. The molecule has 0 aliphatic carbocycles. The molecule has 0 saturated carbocycles. The highest BCUT2D eigenvalue weighted by Gasteiger charge is 2.29. The van der Waals surface area contributed by atoms with E-state index in [1.54, 1.807) is 13.4 Å². The zero-order valence-corrected chi connectivity index (χ0v) is 20.1. The number of aromatic nitrogens is 2. The lowest BCUT2D eigenvalue weighted by atomic mass is 9.88. The normalized spacial score (nSPS) is 15.8. The Kier molecular flexibility index (Phi) is 7.14. The van der Waals surface area contributed by atoms with Crippen molar-refractivity contribution in [3.63, 3.8) is 0 Å². The molecule has 1 aliphatic heterocycles. The molecule has 174 valence electrons. The van der Waals surface area contributed by atoms with E-state index >= 15 is 0 Å². The Morgan fingerprint density at radius 3 is 2.58 bits per heavy atom. The molecule has 6 nitrogen and oxygen atoms in total. The Labute approximate surface area is 196 Å². The molecule has 0 saturated heterocycles. The predicted molar refractivity (Wildman–Crippen MR) is 131 cm³/mol. The average molecular weight is 447 g/mol. The maximum Gasteiger partial charge on any atom is 0.253 e. The van der Waals surface area contributed by atoms with Crippen molar-refractivity contribution in [2.75, 3.05) is 26.7 Å². The van der Waals surface area contributed by atoms with Gasteiger partial charge < -0.3 is 14.6 Å². The molecule has 1 amide bonds. The van der Waals surface area contributed by atoms with E-state index in [9.17, 15) is 4.79 Å². The first kappa shape index (κ1) is 23.1. The Morgan fingerprint density at radius 1 is 1.18 bits per heavy atom. The molecule has 0 radical (unpaired) electrons. The summed E-state index contributed by atoms with van der Waals surface area (Å²) in [5.74, 6) is 0.978. The number of carbonyl (C=O) groups is 1. The number of nitrogens with zero attached hydrogens (tertiary/aromatic N) is 3. The lowest BCUT2D eigenvalue weighted by molar-refractivity contribution is 0.0773. The molecule has 6 heteroatoms. The monoisotopic (exact) mass is 446 g/mol. The summed E-state index contributed by atoms with van der Waals surface area (Å²) in [6, 6.07) is 14.8. The van der Waals surface area contributed by atoms with Crippen molar-refractivity contribution in [1.82, 2.24) is 19.8 Å². The van der Waals surface area contributed by atoms with E-state index < -0.39 is 0 Å². The number of imidazole rings is 1. The Hall–Kier alpha value is -3.12. The lowest BCUT2D eigenvalue weighted by Crippen LogP contribution is -2.36. The third kappa shape index (κ3) is 4.96. The highest BCUT2D eigenvalue weighted by Crippen LogP contribution is 2.36. The standard InChI is InChI=1S/C27H34N4O2/c1-5-30(6-2)27(32)22-9-7-20(8-10-22)15-26-24-16-23(33-4)12-11-21(24)13-14-31(26)17-25-19(3)28-18-29-25/h7-12,16,18,26H,5-6,13-15,17H2,1-4H3,(H,28,29). The Bertz CT molecular complexity index is 1090. The number of nitrogens with one attached hydrogen (secondary N) is 1. The fourth-order valence-corrected chi connectivity index (χ4v) is 4.72. The molecule has 1 aliphatic rings. The molecule has 1 atom stereocenters. The van der Waals surface area contributed by atoms with Crippen LogP contribution in [0.1, 0.15) is 58.3 Å². The average Bonchev–Trinajstić information content (AvgIpc) is 3.25. The van der Waals surface area contributed by atoms with Crippen LogP contribution in [0, 0.1) is 6.92 Å². The van der Waals surface area contributed by atoms with Crippen LogP contribution in [0.25, 0.3) is 0 Å². The molecule has 2 heterocycles. The number of aromatic amines is 1. The van der Waals surface area contributed by atoms with E-state index in [4.69, 9.17) is 4.74 Å². The number of rotatable bonds is 8. The van der Waals surface area contributed by atoms with Crippen LogP contribution in [0.2, 0.25) is 0 Å². The quantitative estimate of drug-likeness (QED) is 0.551. The second-order valence-electron chi connectivity index (χ2n) is 8.65. The van der Waals surface area contributed by atoms with Crippen LogP contribution in [0.5, 0.6) is 5.75 Å². The summed E-state index contributed by atoms with van der Waals surface area (Å²) < 4.78 is 5.55. The van der Waals surface area contributed by atoms with Gasteiger partial charge in [0, 0.05) is 43.5 Å². The number of hydrogen-bond donors (Lipinski definition) is 1. The number of carbonyl (C=O) groups excluding carboxylic acids is 1. The largest absolute Gasteiger partial charge is 0.497 e. The van der Waals surface area contributed by atoms with Crippen LogP contribution in [-0.4, -0.2) is 52.4 Å². The van der Waals surface area contributed by atoms with E-state index in [0.717, 1.165) is 61.7 Å². The first-order valence-corrected chi connectivity index (χ1v) is 11.8. The van der Waals surface area contributed by atoms with E-state index in [2.05, 4.69) is 52.1 Å². The topological polar surface area (TPSA) is 61.5 Å². The van der Waals surface area contributed by atoms with Crippen LogP contribution in [0.15, 0.2) is 48.8 Å². The molecule has 1 unspecified atom stereocenters. The van der Waals surface area contributed by atoms with Gasteiger partial charge in [-0.3, -0.25) is 9.69 Å². The second-order valence-corrected chi connectivity index (χ2v) is 8.65. The van der Waals surface area contributed by atoms with Gasteiger partial charge in [-0.1, -0.05) is 18.2 Å². The van der Waals surface area contributed by atoms with Crippen LogP contribution in [0.3, 0.4) is 0 Å². The van der Waals surface area contributed by atoms with E-state index in [-0.39, 0.29) is 11.9 Å². The predicted octanol–water partition coefficient (Wildman–Crippen LogP) is 4.55. The molecule has 1 aromatic heterocycles. The van der Waals surface area contributed by atoms with Crippen LogP contribution in [0.4, 0.5) is 0 Å². The smallest absolute Gasteiger partial charge is 0.253 e. The highest BCUT2D eigenvalue weighted by atomic mass is 16.5. The van der Waals surface area contributed by atoms with Crippen molar-refractivity contribution in [1.29, 1.82) is 0 Å². The number of aryl methyl sites for hydroxylation is 1. The molecule has 2 aromatic carbocycles. The summed E-state index contributed by atoms with van der Waals surface area (Å²) in [6.07, 6.45) is 3.65. The zero-order chi connectivity index (χ0) is 23.4. The molecule has 0 fully saturated rings. The van der Waals surface area contributed by atoms with Gasteiger partial charge >= 0.3 is 0 Å². The van der Waals surface area contributed by atoms with Crippen LogP contribution >= 0.6 is 0 Å². The van der Waals surface area contributed by atoms with E-state index in [1.807, 2.05) is 30.9 Å². The number of benzene rings is 2. The Morgan fingerprint density at radius 2 is 1.94 bits per heavy atom. The molecular weight excluding hydrogens is 412 g/mol. The number of amides is 1. The van der Waals surface area contributed by atoms with Crippen LogP contribution in [-0.2, 0) is 19.4 Å². The van der Waals surface area contributed by atoms with Crippen molar-refractivity contribution in [3.8, 4) is 5.75 Å². The minimum Gasteiger partial charge on any atom is -0.497 e. The molecule has 4 rings (SSSR count). The number of H-pyrrole nitrogens is 1. The zero-order valence-electron chi connectivity index (χ0n) is 20.1. The molecule has 3 aromatic rings. The minimum absolute atomic E-state index is 0.0925. The van der Waals surface area contributed by atoms with Crippen molar-refractivity contribution in [2.24, 2.45) is 0 Å². The third-order valence-electron chi connectivity index (χ3n) is 6.79. The van der Waals surface area contributed by atoms with Crippen LogP contribution < -0.4 is 4.74 Å². The lowest BCUT2D eigenvalue weighted by Gasteiger charge is -2.37. The van der Waals surface area contributed by atoms with Gasteiger partial charge in [-0.2, -0.15) is 0 Å². The van der Waals surface area contributed by atoms with Gasteiger partial charge in [-0.25, -0.2) is 4.98 Å². The fraction of sp³-hybridized carbons (Fsp3) is 0.407. The number of methoxy groups -OCH3 is 1. The third-order valence-corrected chi connectivity index (χ3v) is 6.79. The minimum atomic E-state index is 0.0925. The maximum absolute atomic E-state index is 12.7. The molecule has 1 N–H and O–H groups in total. The maximum atomic E-state index is 12.7. The molecule has 33 heavy (non-hydrogen) atoms. The van der Waals surface area contributed by atoms with Crippen molar-refractivity contribution in [2.45, 2.75) is 46.2 Å². The first-order chi connectivity index (χ1) is 16.0. The fourth-order valence-electron chi connectivity index (χ4n) is 4.72. The Balaban J connectivity index is 1.62. The molecule has 0 spiro atoms. The van der Waals surface area contributed by atoms with Gasteiger partial charge in [0.05, 0.1) is 19.1 Å². The summed E-state index contributed by atoms with van der Waals surface area (Å²) in [6.45, 7) is 9.33. The first-order valence-electron chi connectivity index (χ1n) is 11.8. The highest BCUT2D eigenvalue weighted by molar-refractivity contribution is 5.94. The summed E-state index contributed by atoms with van der Waals surface area (Å²) in [5, 5.41) is 0. The van der Waals surface area contributed by atoms with Crippen molar-refractivity contribution < 1.29 is 9.53 Å². The van der Waals surface area contributed by atoms with Gasteiger partial charge in [0.25, 0.3) is 5.91 Å². The van der Waals surface area contributed by atoms with Gasteiger partial charge in [-0.05, 0) is 74.6 Å². The van der Waals surface area contributed by atoms with E-state index in [1.165, 1.54) is 16.7 Å².